The van der Waals surface area contributed by atoms with Gasteiger partial charge in [0.2, 0.25) is 15.9 Å². The van der Waals surface area contributed by atoms with E-state index in [-0.39, 0.29) is 10.8 Å². The summed E-state index contributed by atoms with van der Waals surface area (Å²) in [4.78, 5) is 22.5. The van der Waals surface area contributed by atoms with Crippen LogP contribution >= 0.6 is 0 Å². The number of benzene rings is 2. The van der Waals surface area contributed by atoms with Crippen molar-refractivity contribution in [3.8, 4) is 11.3 Å². The second-order valence-corrected chi connectivity index (χ2v) is 9.38. The monoisotopic (exact) mass is 451 g/mol. The van der Waals surface area contributed by atoms with Crippen LogP contribution < -0.4 is 10.2 Å². The molecule has 3 aromatic rings. The zero-order valence-electron chi connectivity index (χ0n) is 17.8. The second kappa shape index (κ2) is 9.46. The number of anilines is 2. The fraction of sp³-hybridized carbons (Fsp3) is 0.261. The summed E-state index contributed by atoms with van der Waals surface area (Å²) in [5, 5.41) is 2.72. The summed E-state index contributed by atoms with van der Waals surface area (Å²) in [7, 11) is -3.61. The smallest absolute Gasteiger partial charge is 0.243 e. The quantitative estimate of drug-likeness (QED) is 0.619. The first-order valence-corrected chi connectivity index (χ1v) is 11.9. The fourth-order valence-electron chi connectivity index (χ4n) is 3.55. The average molecular weight is 452 g/mol. The standard InChI is InChI=1S/C23H25N5O3S/c1-2-23(29)26-19-8-10-20(11-9-19)32(30,31)28-14-12-27(13-15-28)22-16-21(24-17-25-22)18-6-4-3-5-7-18/h3-11,16-17H,2,12-15H2,1H3,(H,26,29). The maximum atomic E-state index is 13.1. The van der Waals surface area contributed by atoms with Gasteiger partial charge in [0, 0.05) is 49.9 Å². The molecule has 0 unspecified atom stereocenters. The van der Waals surface area contributed by atoms with Crippen LogP contribution in [0.1, 0.15) is 13.3 Å². The molecule has 9 heteroatoms. The van der Waals surface area contributed by atoms with Crippen molar-refractivity contribution in [1.29, 1.82) is 0 Å². The molecule has 0 aliphatic carbocycles. The molecule has 2 heterocycles. The lowest BCUT2D eigenvalue weighted by Gasteiger charge is -2.34. The van der Waals surface area contributed by atoms with Crippen LogP contribution in [-0.4, -0.2) is 54.8 Å². The van der Waals surface area contributed by atoms with E-state index in [4.69, 9.17) is 0 Å². The zero-order valence-corrected chi connectivity index (χ0v) is 18.6. The highest BCUT2D eigenvalue weighted by Gasteiger charge is 2.29. The number of hydrogen-bond donors (Lipinski definition) is 1. The summed E-state index contributed by atoms with van der Waals surface area (Å²) in [6, 6.07) is 18.1. The van der Waals surface area contributed by atoms with Crippen LogP contribution in [0.25, 0.3) is 11.3 Å². The van der Waals surface area contributed by atoms with E-state index in [9.17, 15) is 13.2 Å². The van der Waals surface area contributed by atoms with Gasteiger partial charge in [-0.15, -0.1) is 0 Å². The SMILES string of the molecule is CCC(=O)Nc1ccc(S(=O)(=O)N2CCN(c3cc(-c4ccccc4)ncn3)CC2)cc1. The van der Waals surface area contributed by atoms with Crippen molar-refractivity contribution >= 4 is 27.4 Å². The molecule has 1 aliphatic heterocycles. The van der Waals surface area contributed by atoms with Crippen molar-refractivity contribution in [2.75, 3.05) is 36.4 Å². The third kappa shape index (κ3) is 4.79. The molecule has 0 spiro atoms. The number of carbonyl (C=O) groups is 1. The summed E-state index contributed by atoms with van der Waals surface area (Å²) in [5.74, 6) is 0.670. The lowest BCUT2D eigenvalue weighted by atomic mass is 10.1. The van der Waals surface area contributed by atoms with Crippen LogP contribution in [0.5, 0.6) is 0 Å². The molecule has 1 saturated heterocycles. The molecule has 4 rings (SSSR count). The van der Waals surface area contributed by atoms with Crippen LogP contribution in [0.3, 0.4) is 0 Å². The number of piperazine rings is 1. The van der Waals surface area contributed by atoms with Gasteiger partial charge in [-0.25, -0.2) is 18.4 Å². The zero-order chi connectivity index (χ0) is 22.6. The van der Waals surface area contributed by atoms with Crippen molar-refractivity contribution in [3.05, 3.63) is 67.0 Å². The number of amides is 1. The molecular weight excluding hydrogens is 426 g/mol. The van der Waals surface area contributed by atoms with Crippen molar-refractivity contribution in [1.82, 2.24) is 14.3 Å². The molecule has 166 valence electrons. The number of hydrogen-bond acceptors (Lipinski definition) is 6. The Hall–Kier alpha value is -3.30. The van der Waals surface area contributed by atoms with Gasteiger partial charge in [0.25, 0.3) is 0 Å². The van der Waals surface area contributed by atoms with E-state index in [1.165, 1.54) is 16.4 Å². The van der Waals surface area contributed by atoms with E-state index < -0.39 is 10.0 Å². The molecule has 8 nitrogen and oxygen atoms in total. The molecular formula is C23H25N5O3S. The van der Waals surface area contributed by atoms with Crippen molar-refractivity contribution in [3.63, 3.8) is 0 Å². The molecule has 1 N–H and O–H groups in total. The van der Waals surface area contributed by atoms with E-state index >= 15 is 0 Å². The Bertz CT molecular complexity index is 1180. The maximum absolute atomic E-state index is 13.1. The molecule has 1 aromatic heterocycles. The maximum Gasteiger partial charge on any atom is 0.243 e. The second-order valence-electron chi connectivity index (χ2n) is 7.44. The highest BCUT2D eigenvalue weighted by atomic mass is 32.2. The number of aromatic nitrogens is 2. The summed E-state index contributed by atoms with van der Waals surface area (Å²) in [6.07, 6.45) is 1.91. The Kier molecular flexibility index (Phi) is 6.48. The summed E-state index contributed by atoms with van der Waals surface area (Å²) >= 11 is 0. The number of carbonyl (C=O) groups excluding carboxylic acids is 1. The van der Waals surface area contributed by atoms with Crippen LogP contribution in [0.15, 0.2) is 71.9 Å². The Morgan fingerprint density at radius 3 is 2.31 bits per heavy atom. The van der Waals surface area contributed by atoms with E-state index in [1.807, 2.05) is 36.4 Å². The first-order chi connectivity index (χ1) is 15.5. The molecule has 0 saturated carbocycles. The van der Waals surface area contributed by atoms with Crippen molar-refractivity contribution < 1.29 is 13.2 Å². The minimum Gasteiger partial charge on any atom is -0.354 e. The highest BCUT2D eigenvalue weighted by molar-refractivity contribution is 7.89. The van der Waals surface area contributed by atoms with Crippen molar-refractivity contribution in [2.45, 2.75) is 18.2 Å². The first-order valence-electron chi connectivity index (χ1n) is 10.5. The van der Waals surface area contributed by atoms with E-state index in [2.05, 4.69) is 20.2 Å². The summed E-state index contributed by atoms with van der Waals surface area (Å²) in [5.41, 5.74) is 2.43. The predicted molar refractivity (Wildman–Crippen MR) is 124 cm³/mol. The van der Waals surface area contributed by atoms with Gasteiger partial charge in [0.05, 0.1) is 10.6 Å². The topological polar surface area (TPSA) is 95.5 Å². The minimum atomic E-state index is -3.61. The summed E-state index contributed by atoms with van der Waals surface area (Å²) < 4.78 is 27.6. The predicted octanol–water partition coefficient (Wildman–Crippen LogP) is 3.00. The molecule has 0 radical (unpaired) electrons. The van der Waals surface area contributed by atoms with Gasteiger partial charge in [0.15, 0.2) is 0 Å². The molecule has 32 heavy (non-hydrogen) atoms. The molecule has 0 bridgehead atoms. The summed E-state index contributed by atoms with van der Waals surface area (Å²) in [6.45, 7) is 3.56. The number of nitrogens with zero attached hydrogens (tertiary/aromatic N) is 4. The van der Waals surface area contributed by atoms with Gasteiger partial charge in [-0.3, -0.25) is 4.79 Å². The first kappa shape index (κ1) is 21.9. The Morgan fingerprint density at radius 2 is 1.66 bits per heavy atom. The third-order valence-corrected chi connectivity index (χ3v) is 7.29. The van der Waals surface area contributed by atoms with Crippen LogP contribution in [0.4, 0.5) is 11.5 Å². The van der Waals surface area contributed by atoms with Crippen LogP contribution in [0, 0.1) is 0 Å². The highest BCUT2D eigenvalue weighted by Crippen LogP contribution is 2.24. The van der Waals surface area contributed by atoms with Gasteiger partial charge < -0.3 is 10.2 Å². The Balaban J connectivity index is 1.43. The third-order valence-electron chi connectivity index (χ3n) is 5.38. The van der Waals surface area contributed by atoms with Gasteiger partial charge in [-0.1, -0.05) is 37.3 Å². The van der Waals surface area contributed by atoms with Gasteiger partial charge in [-0.05, 0) is 24.3 Å². The molecule has 2 aromatic carbocycles. The van der Waals surface area contributed by atoms with Crippen LogP contribution in [0.2, 0.25) is 0 Å². The van der Waals surface area contributed by atoms with Gasteiger partial charge in [0.1, 0.15) is 12.1 Å². The molecule has 1 amide bonds. The average Bonchev–Trinajstić information content (AvgIpc) is 2.85. The molecule has 1 fully saturated rings. The number of nitrogens with one attached hydrogen (secondary N) is 1. The fourth-order valence-corrected chi connectivity index (χ4v) is 4.98. The van der Waals surface area contributed by atoms with E-state index in [0.717, 1.165) is 17.1 Å². The minimum absolute atomic E-state index is 0.114. The van der Waals surface area contributed by atoms with Crippen molar-refractivity contribution in [2.24, 2.45) is 0 Å². The Morgan fingerprint density at radius 1 is 0.969 bits per heavy atom. The normalized spacial score (nSPS) is 14.8. The number of sulfonamides is 1. The molecule has 0 atom stereocenters. The van der Waals surface area contributed by atoms with Gasteiger partial charge in [-0.2, -0.15) is 4.31 Å². The molecule has 1 aliphatic rings. The van der Waals surface area contributed by atoms with Gasteiger partial charge >= 0.3 is 0 Å². The van der Waals surface area contributed by atoms with E-state index in [0.29, 0.717) is 38.3 Å². The Labute approximate surface area is 188 Å². The largest absolute Gasteiger partial charge is 0.354 e. The van der Waals surface area contributed by atoms with E-state index in [1.54, 1.807) is 25.4 Å². The number of rotatable bonds is 6. The lowest BCUT2D eigenvalue weighted by Crippen LogP contribution is -2.48. The van der Waals surface area contributed by atoms with Crippen LogP contribution in [-0.2, 0) is 14.8 Å². The lowest BCUT2D eigenvalue weighted by molar-refractivity contribution is -0.115.